The summed E-state index contributed by atoms with van der Waals surface area (Å²) in [5, 5.41) is 0.644. The lowest BCUT2D eigenvalue weighted by molar-refractivity contribution is -0.122. The molecule has 2 aliphatic rings. The van der Waals surface area contributed by atoms with Crippen LogP contribution in [-0.2, 0) is 23.8 Å². The number of carbonyl (C=O) groups is 2. The van der Waals surface area contributed by atoms with E-state index < -0.39 is 34.4 Å². The van der Waals surface area contributed by atoms with E-state index >= 15 is 0 Å². The van der Waals surface area contributed by atoms with Crippen LogP contribution in [0.2, 0.25) is 0 Å². The molecule has 4 N–H and O–H groups in total. The summed E-state index contributed by atoms with van der Waals surface area (Å²) in [6.07, 6.45) is 0.755. The Morgan fingerprint density at radius 2 is 2.06 bits per heavy atom. The van der Waals surface area contributed by atoms with Gasteiger partial charge in [0.25, 0.3) is 0 Å². The van der Waals surface area contributed by atoms with E-state index in [1.807, 2.05) is 0 Å². The van der Waals surface area contributed by atoms with Gasteiger partial charge in [0.05, 0.1) is 6.04 Å². The normalized spacial score (nSPS) is 27.7. The number of piperidine rings is 1. The number of urea groups is 1. The van der Waals surface area contributed by atoms with Gasteiger partial charge in [0, 0.05) is 6.54 Å². The molecule has 0 aliphatic carbocycles. The monoisotopic (exact) mass is 280 g/mol. The lowest BCUT2D eigenvalue weighted by Gasteiger charge is -2.27. The molecule has 0 aromatic rings. The molecule has 0 saturated carbocycles. The highest BCUT2D eigenvalue weighted by Gasteiger charge is 2.49. The van der Waals surface area contributed by atoms with Crippen LogP contribution in [0.25, 0.3) is 0 Å². The van der Waals surface area contributed by atoms with Crippen molar-refractivity contribution in [2.75, 3.05) is 6.54 Å². The highest BCUT2D eigenvalue weighted by atomic mass is 32.3. The molecule has 10 nitrogen and oxygen atoms in total. The highest BCUT2D eigenvalue weighted by Crippen LogP contribution is 2.30. The first kappa shape index (κ1) is 13.0. The number of nitrogens with two attached hydrogens (primary N) is 2. The number of carbonyl (C=O) groups excluding carboxylic acids is 2. The van der Waals surface area contributed by atoms with Gasteiger partial charge < -0.3 is 10.6 Å². The van der Waals surface area contributed by atoms with E-state index in [2.05, 4.69) is 14.5 Å². The number of nitrogens with zero attached hydrogens (tertiary/aromatic N) is 2. The molecule has 0 spiro atoms. The summed E-state index contributed by atoms with van der Waals surface area (Å²) >= 11 is 0. The lowest BCUT2D eigenvalue weighted by Crippen LogP contribution is -2.47. The van der Waals surface area contributed by atoms with Gasteiger partial charge in [0.15, 0.2) is 0 Å². The quantitative estimate of drug-likeness (QED) is 0.556. The summed E-state index contributed by atoms with van der Waals surface area (Å²) in [4.78, 5) is 24.2. The molecule has 102 valence electrons. The van der Waals surface area contributed by atoms with Crippen LogP contribution in [0.15, 0.2) is 0 Å². The maximum atomic E-state index is 11.9. The van der Waals surface area contributed by atoms with Crippen molar-refractivity contribution in [1.82, 2.24) is 9.96 Å². The minimum atomic E-state index is -4.47. The fourth-order valence-corrected chi connectivity index (χ4v) is 2.56. The minimum Gasteiger partial charge on any atom is -0.368 e. The Morgan fingerprint density at radius 3 is 2.61 bits per heavy atom. The molecule has 3 amide bonds. The van der Waals surface area contributed by atoms with Crippen molar-refractivity contribution in [3.05, 3.63) is 0 Å². The summed E-state index contributed by atoms with van der Waals surface area (Å²) in [5.74, 6) is 3.87. The SMILES string of the molecule is NOS(=O)(=O)ON1C(=O)N2CC1CCC2C(N)=O. The molecule has 2 atom stereocenters. The van der Waals surface area contributed by atoms with E-state index in [0.29, 0.717) is 17.9 Å². The average molecular weight is 280 g/mol. The molecular formula is C7H12N4O6S. The van der Waals surface area contributed by atoms with Crippen molar-refractivity contribution in [1.29, 1.82) is 0 Å². The minimum absolute atomic E-state index is 0.173. The molecule has 2 fully saturated rings. The number of rotatable bonds is 4. The van der Waals surface area contributed by atoms with Crippen LogP contribution >= 0.6 is 0 Å². The number of hydrogen-bond donors (Lipinski definition) is 2. The smallest absolute Gasteiger partial charge is 0.368 e. The van der Waals surface area contributed by atoms with Crippen LogP contribution in [0.5, 0.6) is 0 Å². The van der Waals surface area contributed by atoms with Gasteiger partial charge in [-0.25, -0.2) is 4.79 Å². The molecule has 18 heavy (non-hydrogen) atoms. The largest absolute Gasteiger partial charge is 0.437 e. The number of fused-ring (bicyclic) bond motifs is 2. The zero-order chi connectivity index (χ0) is 13.5. The molecule has 0 radical (unpaired) electrons. The number of amides is 3. The van der Waals surface area contributed by atoms with Crippen molar-refractivity contribution in [3.8, 4) is 0 Å². The van der Waals surface area contributed by atoms with Crippen molar-refractivity contribution >= 4 is 22.3 Å². The molecule has 2 heterocycles. The van der Waals surface area contributed by atoms with E-state index in [4.69, 9.17) is 5.73 Å². The Morgan fingerprint density at radius 1 is 1.39 bits per heavy atom. The topological polar surface area (TPSA) is 145 Å². The van der Waals surface area contributed by atoms with Crippen molar-refractivity contribution in [3.63, 3.8) is 0 Å². The van der Waals surface area contributed by atoms with Crippen molar-refractivity contribution in [2.45, 2.75) is 24.9 Å². The molecule has 2 rings (SSSR count). The predicted molar refractivity (Wildman–Crippen MR) is 55.2 cm³/mol. The zero-order valence-corrected chi connectivity index (χ0v) is 10.00. The van der Waals surface area contributed by atoms with E-state index in [1.54, 1.807) is 0 Å². The molecular weight excluding hydrogens is 268 g/mol. The zero-order valence-electron chi connectivity index (χ0n) is 9.18. The molecule has 0 aromatic carbocycles. The predicted octanol–water partition coefficient (Wildman–Crippen LogP) is -2.19. The van der Waals surface area contributed by atoms with E-state index in [0.717, 1.165) is 0 Å². The van der Waals surface area contributed by atoms with Crippen molar-refractivity contribution in [2.24, 2.45) is 11.6 Å². The fraction of sp³-hybridized carbons (Fsp3) is 0.714. The summed E-state index contributed by atoms with van der Waals surface area (Å²) in [7, 11) is -4.47. The summed E-state index contributed by atoms with van der Waals surface area (Å²) in [6.45, 7) is 0.173. The van der Waals surface area contributed by atoms with Gasteiger partial charge in [0.2, 0.25) is 5.91 Å². The van der Waals surface area contributed by atoms with Gasteiger partial charge in [-0.3, -0.25) is 4.79 Å². The Hall–Kier alpha value is -1.43. The number of primary amides is 1. The highest BCUT2D eigenvalue weighted by molar-refractivity contribution is 7.81. The second kappa shape index (κ2) is 4.35. The van der Waals surface area contributed by atoms with Gasteiger partial charge in [-0.05, 0) is 12.8 Å². The summed E-state index contributed by atoms with van der Waals surface area (Å²) in [6, 6.07) is -1.97. The second-order valence-corrected chi connectivity index (χ2v) is 5.15. The second-order valence-electron chi connectivity index (χ2n) is 3.99. The third-order valence-electron chi connectivity index (χ3n) is 2.94. The first-order valence-electron chi connectivity index (χ1n) is 5.08. The van der Waals surface area contributed by atoms with Crippen LogP contribution < -0.4 is 11.6 Å². The van der Waals surface area contributed by atoms with Crippen molar-refractivity contribution < 1.29 is 26.6 Å². The third kappa shape index (κ3) is 2.12. The van der Waals surface area contributed by atoms with Gasteiger partial charge in [0.1, 0.15) is 6.04 Å². The summed E-state index contributed by atoms with van der Waals surface area (Å²) in [5.41, 5.74) is 5.16. The molecule has 2 unspecified atom stereocenters. The Kier molecular flexibility index (Phi) is 3.14. The van der Waals surface area contributed by atoms with Gasteiger partial charge >= 0.3 is 16.4 Å². The maximum absolute atomic E-state index is 11.9. The molecule has 2 bridgehead atoms. The maximum Gasteiger partial charge on any atom is 0.437 e. The average Bonchev–Trinajstić information content (AvgIpc) is 2.54. The van der Waals surface area contributed by atoms with E-state index in [1.165, 1.54) is 4.90 Å². The van der Waals surface area contributed by atoms with Gasteiger partial charge in [-0.15, -0.1) is 4.28 Å². The first-order chi connectivity index (χ1) is 8.35. The first-order valence-corrected chi connectivity index (χ1v) is 6.41. The lowest BCUT2D eigenvalue weighted by atomic mass is 10.0. The molecule has 2 aliphatic heterocycles. The molecule has 0 aromatic heterocycles. The van der Waals surface area contributed by atoms with E-state index in [9.17, 15) is 18.0 Å². The van der Waals surface area contributed by atoms with Crippen LogP contribution in [-0.4, -0.2) is 48.9 Å². The molecule has 11 heteroatoms. The fourth-order valence-electron chi connectivity index (χ4n) is 2.14. The van der Waals surface area contributed by atoms with E-state index in [-0.39, 0.29) is 6.54 Å². The molecule has 2 saturated heterocycles. The third-order valence-corrected chi connectivity index (χ3v) is 3.52. The van der Waals surface area contributed by atoms with Crippen LogP contribution in [0, 0.1) is 0 Å². The Bertz CT molecular complexity index is 478. The summed E-state index contributed by atoms with van der Waals surface area (Å²) < 4.78 is 30.1. The standard InChI is InChI=1S/C7H12N4O6S/c8-6(12)5-2-1-4-3-10(5)7(13)11(4)17-18(14,15)16-9/h4-5H,1-3,9H2,(H2,8,12). The Balaban J connectivity index is 2.18. The van der Waals surface area contributed by atoms with Crippen LogP contribution in [0.3, 0.4) is 0 Å². The number of hydroxylamine groups is 2. The van der Waals surface area contributed by atoms with Gasteiger partial charge in [-0.1, -0.05) is 0 Å². The van der Waals surface area contributed by atoms with Gasteiger partial charge in [-0.2, -0.15) is 23.7 Å². The van der Waals surface area contributed by atoms with Crippen LogP contribution in [0.4, 0.5) is 4.79 Å². The number of hydrogen-bond acceptors (Lipinski definition) is 7. The van der Waals surface area contributed by atoms with Crippen LogP contribution in [0.1, 0.15) is 12.8 Å². The Labute approximate surface area is 103 Å².